The summed E-state index contributed by atoms with van der Waals surface area (Å²) in [6, 6.07) is 74.0. The average molecular weight is 849 g/mol. The van der Waals surface area contributed by atoms with Crippen molar-refractivity contribution in [1.29, 1.82) is 0 Å². The molecule has 11 aromatic rings. The molecule has 3 aromatic heterocycles. The van der Waals surface area contributed by atoms with Crippen molar-refractivity contribution in [3.05, 3.63) is 206 Å². The number of anilines is 12. The van der Waals surface area contributed by atoms with Crippen LogP contribution in [0.25, 0.3) is 21.9 Å². The minimum Gasteiger partial charge on any atom is -0.468 e. The Morgan fingerprint density at radius 1 is 0.323 bits per heavy atom. The van der Waals surface area contributed by atoms with Gasteiger partial charge in [0.2, 0.25) is 5.88 Å². The van der Waals surface area contributed by atoms with E-state index in [-0.39, 0.29) is 13.4 Å². The quantitative estimate of drug-likeness (QED) is 0.164. The summed E-state index contributed by atoms with van der Waals surface area (Å²) >= 11 is 1.93. The van der Waals surface area contributed by atoms with Gasteiger partial charge in [-0.05, 0) is 102 Å². The predicted octanol–water partition coefficient (Wildman–Crippen LogP) is 11.4. The summed E-state index contributed by atoms with van der Waals surface area (Å²) in [7, 11) is 0. The maximum atomic E-state index is 7.25. The molecule has 6 nitrogen and oxygen atoms in total. The fraction of sp³-hybridized carbons (Fsp3) is 0. The third-order valence-corrected chi connectivity index (χ3v) is 15.1. The smallest absolute Gasteiger partial charge is 0.309 e. The molecule has 0 N–H and O–H groups in total. The number of fused-ring (bicyclic) bond motifs is 13. The van der Waals surface area contributed by atoms with E-state index < -0.39 is 0 Å². The number of hydrogen-bond acceptors (Lipinski definition) is 7. The van der Waals surface area contributed by atoms with E-state index in [1.54, 1.807) is 0 Å². The summed E-state index contributed by atoms with van der Waals surface area (Å²) in [4.78, 5) is 9.85. The number of furan rings is 2. The molecule has 65 heavy (non-hydrogen) atoms. The molecule has 15 rings (SSSR count). The van der Waals surface area contributed by atoms with Gasteiger partial charge in [-0.2, -0.15) is 11.3 Å². The summed E-state index contributed by atoms with van der Waals surface area (Å²) in [6.45, 7) is -0.329. The van der Waals surface area contributed by atoms with E-state index in [9.17, 15) is 0 Å². The van der Waals surface area contributed by atoms with E-state index in [1.807, 2.05) is 11.3 Å². The largest absolute Gasteiger partial charge is 0.468 e. The Hall–Kier alpha value is -8.13. The first-order valence-corrected chi connectivity index (χ1v) is 23.0. The molecule has 4 aliphatic heterocycles. The van der Waals surface area contributed by atoms with E-state index in [4.69, 9.17) is 8.83 Å². The van der Waals surface area contributed by atoms with Crippen LogP contribution in [0.1, 0.15) is 0 Å². The monoisotopic (exact) mass is 848 g/mol. The van der Waals surface area contributed by atoms with Crippen molar-refractivity contribution in [1.82, 2.24) is 0 Å². The van der Waals surface area contributed by atoms with Gasteiger partial charge in [0.25, 0.3) is 6.71 Å². The topological polar surface area (TPSA) is 39.2 Å². The SMILES string of the molecule is c1ccc(N2c3cccc4c3B(c3sc5c(c3N4c3ccccc3)N(c3ccccc3)c3cccc4c3B5c3oc5ccccc5c3N4c3ccccc3)c3c2oc2ccccc32)cc1. The third-order valence-electron chi connectivity index (χ3n) is 13.8. The van der Waals surface area contributed by atoms with Crippen LogP contribution in [0.15, 0.2) is 215 Å². The first kappa shape index (κ1) is 35.3. The van der Waals surface area contributed by atoms with Crippen LogP contribution in [-0.4, -0.2) is 13.4 Å². The number of rotatable bonds is 4. The third kappa shape index (κ3) is 4.69. The van der Waals surface area contributed by atoms with Gasteiger partial charge in [-0.25, -0.2) is 0 Å². The number of thiophene rings is 1. The minimum absolute atomic E-state index is 0.134. The molecular formula is C56H34B2N4O2S. The molecule has 0 aliphatic carbocycles. The van der Waals surface area contributed by atoms with Crippen LogP contribution in [-0.2, 0) is 0 Å². The van der Waals surface area contributed by atoms with Crippen LogP contribution < -0.4 is 51.2 Å². The Labute approximate surface area is 379 Å². The molecule has 9 heteroatoms. The second kappa shape index (κ2) is 13.2. The zero-order valence-electron chi connectivity index (χ0n) is 34.8. The lowest BCUT2D eigenvalue weighted by atomic mass is 9.36. The van der Waals surface area contributed by atoms with Gasteiger partial charge >= 0.3 is 6.71 Å². The first-order chi connectivity index (χ1) is 32.3. The second-order valence-corrected chi connectivity index (χ2v) is 18.2. The molecule has 0 saturated heterocycles. The maximum absolute atomic E-state index is 7.25. The van der Waals surface area contributed by atoms with Gasteiger partial charge in [-0.1, -0.05) is 115 Å². The molecule has 0 bridgehead atoms. The van der Waals surface area contributed by atoms with Crippen LogP contribution in [0.2, 0.25) is 0 Å². The van der Waals surface area contributed by atoms with Crippen LogP contribution in [0, 0.1) is 0 Å². The molecule has 0 saturated carbocycles. The lowest BCUT2D eigenvalue weighted by Crippen LogP contribution is -2.60. The molecule has 0 radical (unpaired) electrons. The highest BCUT2D eigenvalue weighted by Gasteiger charge is 2.54. The highest BCUT2D eigenvalue weighted by molar-refractivity contribution is 7.39. The molecule has 8 aromatic carbocycles. The van der Waals surface area contributed by atoms with Gasteiger partial charge in [0, 0.05) is 71.3 Å². The first-order valence-electron chi connectivity index (χ1n) is 22.2. The van der Waals surface area contributed by atoms with Crippen molar-refractivity contribution in [3.8, 4) is 0 Å². The molecule has 7 heterocycles. The molecule has 0 atom stereocenters. The van der Waals surface area contributed by atoms with Crippen molar-refractivity contribution in [2.24, 2.45) is 0 Å². The lowest BCUT2D eigenvalue weighted by molar-refractivity contribution is 0.623. The van der Waals surface area contributed by atoms with Crippen molar-refractivity contribution < 1.29 is 8.83 Å². The van der Waals surface area contributed by atoms with E-state index in [0.29, 0.717) is 0 Å². The van der Waals surface area contributed by atoms with Crippen LogP contribution in [0.5, 0.6) is 0 Å². The molecule has 0 spiro atoms. The van der Waals surface area contributed by atoms with Gasteiger partial charge in [-0.3, -0.25) is 4.90 Å². The van der Waals surface area contributed by atoms with E-state index in [2.05, 4.69) is 226 Å². The highest BCUT2D eigenvalue weighted by atomic mass is 32.1. The summed E-state index contributed by atoms with van der Waals surface area (Å²) in [5.41, 5.74) is 18.8. The second-order valence-electron chi connectivity index (χ2n) is 17.1. The summed E-state index contributed by atoms with van der Waals surface area (Å²) in [5.74, 6) is 0.860. The summed E-state index contributed by atoms with van der Waals surface area (Å²) < 4.78 is 16.8. The van der Waals surface area contributed by atoms with Crippen LogP contribution in [0.4, 0.5) is 68.4 Å². The standard InChI is InChI=1S/C56H34B2N4O2S/c1-5-19-35(20-6-1)59-42-30-17-31-43-49(42)58(53-50(59)40-28-14-16-34-46(40)63-53)55-52(61(43)37-23-9-3-10-24-37)51-54(65-55)57-47-39-27-13-15-33-45(39)64-56(47)62(38-25-11-4-12-26-38)44-32-18-29-41(48(44)57)60(51)36-21-7-2-8-22-36/h1-34H. The number of nitrogens with zero attached hydrogens (tertiary/aromatic N) is 4. The molecule has 0 amide bonds. The van der Waals surface area contributed by atoms with E-state index in [0.717, 1.165) is 84.7 Å². The Kier molecular flexibility index (Phi) is 7.18. The van der Waals surface area contributed by atoms with Gasteiger partial charge in [0.15, 0.2) is 0 Å². The van der Waals surface area contributed by atoms with Gasteiger partial charge in [0.05, 0.1) is 17.1 Å². The van der Waals surface area contributed by atoms with Crippen LogP contribution in [0.3, 0.4) is 0 Å². The number of benzene rings is 8. The number of hydrogen-bond donors (Lipinski definition) is 0. The zero-order chi connectivity index (χ0) is 42.3. The van der Waals surface area contributed by atoms with Crippen molar-refractivity contribution in [2.45, 2.75) is 0 Å². The molecule has 302 valence electrons. The Balaban J connectivity index is 1.10. The highest BCUT2D eigenvalue weighted by Crippen LogP contribution is 2.54. The van der Waals surface area contributed by atoms with Gasteiger partial charge in [-0.15, -0.1) is 0 Å². The van der Waals surface area contributed by atoms with Crippen molar-refractivity contribution in [2.75, 3.05) is 19.6 Å². The van der Waals surface area contributed by atoms with Gasteiger partial charge in [0.1, 0.15) is 16.8 Å². The molecular weight excluding hydrogens is 814 g/mol. The van der Waals surface area contributed by atoms with E-state index >= 15 is 0 Å². The fourth-order valence-electron chi connectivity index (χ4n) is 11.3. The van der Waals surface area contributed by atoms with Gasteiger partial charge < -0.3 is 23.5 Å². The lowest BCUT2D eigenvalue weighted by Gasteiger charge is -2.44. The molecule has 0 unspecified atom stereocenters. The normalized spacial score (nSPS) is 14.0. The van der Waals surface area contributed by atoms with Crippen LogP contribution >= 0.6 is 11.3 Å². The van der Waals surface area contributed by atoms with Crippen molar-refractivity contribution in [3.63, 3.8) is 0 Å². The molecule has 4 aliphatic rings. The number of para-hydroxylation sites is 6. The molecule has 0 fully saturated rings. The van der Waals surface area contributed by atoms with E-state index in [1.165, 1.54) is 37.3 Å². The Bertz CT molecular complexity index is 3720. The average Bonchev–Trinajstić information content (AvgIpc) is 4.07. The summed E-state index contributed by atoms with van der Waals surface area (Å²) in [5, 5.41) is 2.22. The predicted molar refractivity (Wildman–Crippen MR) is 272 cm³/mol. The Morgan fingerprint density at radius 3 is 1.26 bits per heavy atom. The fourth-order valence-corrected chi connectivity index (χ4v) is 12.8. The van der Waals surface area contributed by atoms with Crippen molar-refractivity contribution >= 4 is 147 Å². The minimum atomic E-state index is -0.195. The summed E-state index contributed by atoms with van der Waals surface area (Å²) in [6.07, 6.45) is 0. The zero-order valence-corrected chi connectivity index (χ0v) is 35.6. The Morgan fingerprint density at radius 2 is 0.723 bits per heavy atom. The maximum Gasteiger partial charge on any atom is 0.309 e.